The van der Waals surface area contributed by atoms with Gasteiger partial charge in [-0.3, -0.25) is 4.98 Å². The highest BCUT2D eigenvalue weighted by Gasteiger charge is 2.08. The topological polar surface area (TPSA) is 42.2 Å². The molecule has 1 aromatic heterocycles. The van der Waals surface area contributed by atoms with Gasteiger partial charge >= 0.3 is 0 Å². The molecule has 4 heteroatoms. The molecule has 18 heavy (non-hydrogen) atoms. The molecular weight excluding hydrogens is 246 g/mol. The molecule has 0 saturated carbocycles. The number of nitrogens with two attached hydrogens (primary N) is 1. The summed E-state index contributed by atoms with van der Waals surface area (Å²) in [6.45, 7) is 1.23. The molecule has 0 unspecified atom stereocenters. The Hall–Kier alpha value is -1.58. The van der Waals surface area contributed by atoms with E-state index in [1.54, 1.807) is 12.4 Å². The summed E-state index contributed by atoms with van der Waals surface area (Å²) in [7, 11) is 2.03. The minimum atomic E-state index is 0.482. The highest BCUT2D eigenvalue weighted by atomic mass is 35.5. The van der Waals surface area contributed by atoms with Crippen LogP contribution in [-0.4, -0.2) is 12.0 Å². The van der Waals surface area contributed by atoms with E-state index in [1.807, 2.05) is 37.4 Å². The molecule has 3 nitrogen and oxygen atoms in total. The largest absolute Gasteiger partial charge is 0.370 e. The summed E-state index contributed by atoms with van der Waals surface area (Å²) in [4.78, 5) is 6.22. The maximum absolute atomic E-state index is 6.17. The van der Waals surface area contributed by atoms with Gasteiger partial charge in [-0.1, -0.05) is 29.8 Å². The molecule has 1 heterocycles. The summed E-state index contributed by atoms with van der Waals surface area (Å²) in [5.41, 5.74) is 8.94. The molecule has 0 spiro atoms. The smallest absolute Gasteiger partial charge is 0.0455 e. The first kappa shape index (κ1) is 12.9. The Balaban J connectivity index is 2.22. The Bertz CT molecular complexity index is 528. The molecule has 94 valence electrons. The van der Waals surface area contributed by atoms with Crippen LogP contribution in [0.25, 0.3) is 0 Å². The standard InChI is InChI=1S/C14H16ClN3/c1-18(10-11-4-2-3-5-13(11)15)14-6-7-17-9-12(14)8-16/h2-7,9H,8,10,16H2,1H3. The van der Waals surface area contributed by atoms with E-state index in [0.29, 0.717) is 6.54 Å². The first-order valence-corrected chi connectivity index (χ1v) is 6.17. The number of anilines is 1. The highest BCUT2D eigenvalue weighted by molar-refractivity contribution is 6.31. The van der Waals surface area contributed by atoms with Gasteiger partial charge in [0.15, 0.2) is 0 Å². The molecule has 2 aromatic rings. The van der Waals surface area contributed by atoms with Gasteiger partial charge in [-0.05, 0) is 17.7 Å². The molecule has 0 atom stereocenters. The molecule has 2 N–H and O–H groups in total. The Labute approximate surface area is 112 Å². The first-order valence-electron chi connectivity index (χ1n) is 5.80. The Morgan fingerprint density at radius 3 is 2.72 bits per heavy atom. The van der Waals surface area contributed by atoms with E-state index in [2.05, 4.69) is 9.88 Å². The van der Waals surface area contributed by atoms with Gasteiger partial charge in [-0.25, -0.2) is 0 Å². The van der Waals surface area contributed by atoms with E-state index >= 15 is 0 Å². The monoisotopic (exact) mass is 261 g/mol. The van der Waals surface area contributed by atoms with Crippen LogP contribution < -0.4 is 10.6 Å². The maximum Gasteiger partial charge on any atom is 0.0455 e. The minimum absolute atomic E-state index is 0.482. The summed E-state index contributed by atoms with van der Waals surface area (Å²) in [6, 6.07) is 9.83. The van der Waals surface area contributed by atoms with E-state index < -0.39 is 0 Å². The molecule has 0 radical (unpaired) electrons. The zero-order chi connectivity index (χ0) is 13.0. The number of hydrogen-bond donors (Lipinski definition) is 1. The van der Waals surface area contributed by atoms with Crippen LogP contribution in [0.4, 0.5) is 5.69 Å². The average molecular weight is 262 g/mol. The van der Waals surface area contributed by atoms with Crippen LogP contribution in [0.3, 0.4) is 0 Å². The van der Waals surface area contributed by atoms with Gasteiger partial charge in [0.05, 0.1) is 0 Å². The third-order valence-corrected chi connectivity index (χ3v) is 3.24. The molecule has 0 aliphatic heterocycles. The number of halogens is 1. The lowest BCUT2D eigenvalue weighted by Gasteiger charge is -2.22. The van der Waals surface area contributed by atoms with Crippen LogP contribution in [0, 0.1) is 0 Å². The summed E-state index contributed by atoms with van der Waals surface area (Å²) in [5.74, 6) is 0. The second-order valence-electron chi connectivity index (χ2n) is 4.16. The molecule has 0 saturated heterocycles. The van der Waals surface area contributed by atoms with E-state index in [9.17, 15) is 0 Å². The Kier molecular flexibility index (Phi) is 4.18. The Morgan fingerprint density at radius 1 is 1.22 bits per heavy atom. The van der Waals surface area contributed by atoms with Crippen molar-refractivity contribution in [2.24, 2.45) is 5.73 Å². The van der Waals surface area contributed by atoms with Crippen LogP contribution in [0.15, 0.2) is 42.7 Å². The van der Waals surface area contributed by atoms with Crippen LogP contribution in [0.1, 0.15) is 11.1 Å². The van der Waals surface area contributed by atoms with Crippen molar-refractivity contribution in [3.63, 3.8) is 0 Å². The van der Waals surface area contributed by atoms with E-state index in [0.717, 1.165) is 28.4 Å². The van der Waals surface area contributed by atoms with E-state index in [1.165, 1.54) is 0 Å². The lowest BCUT2D eigenvalue weighted by Crippen LogP contribution is -2.19. The van der Waals surface area contributed by atoms with Crippen molar-refractivity contribution < 1.29 is 0 Å². The molecule has 2 rings (SSSR count). The average Bonchev–Trinajstić information content (AvgIpc) is 2.41. The lowest BCUT2D eigenvalue weighted by molar-refractivity contribution is 0.899. The Morgan fingerprint density at radius 2 is 2.00 bits per heavy atom. The van der Waals surface area contributed by atoms with Crippen LogP contribution >= 0.6 is 11.6 Å². The first-order chi connectivity index (χ1) is 8.72. The molecule has 0 aliphatic carbocycles. The number of hydrogen-bond acceptors (Lipinski definition) is 3. The van der Waals surface area contributed by atoms with Crippen molar-refractivity contribution in [2.75, 3.05) is 11.9 Å². The fraction of sp³-hybridized carbons (Fsp3) is 0.214. The predicted molar refractivity (Wildman–Crippen MR) is 75.7 cm³/mol. The van der Waals surface area contributed by atoms with Gasteiger partial charge in [0.25, 0.3) is 0 Å². The van der Waals surface area contributed by atoms with Gasteiger partial charge in [0.1, 0.15) is 0 Å². The summed E-state index contributed by atoms with van der Waals surface area (Å²) < 4.78 is 0. The highest BCUT2D eigenvalue weighted by Crippen LogP contribution is 2.22. The zero-order valence-electron chi connectivity index (χ0n) is 10.3. The molecular formula is C14H16ClN3. The molecule has 0 fully saturated rings. The molecule has 1 aromatic carbocycles. The number of nitrogens with zero attached hydrogens (tertiary/aromatic N) is 2. The van der Waals surface area contributed by atoms with Crippen molar-refractivity contribution >= 4 is 17.3 Å². The minimum Gasteiger partial charge on any atom is -0.370 e. The van der Waals surface area contributed by atoms with Gasteiger partial charge < -0.3 is 10.6 Å². The second-order valence-corrected chi connectivity index (χ2v) is 4.56. The van der Waals surface area contributed by atoms with Crippen molar-refractivity contribution in [3.05, 3.63) is 58.9 Å². The molecule has 0 amide bonds. The van der Waals surface area contributed by atoms with Crippen LogP contribution in [0.5, 0.6) is 0 Å². The fourth-order valence-electron chi connectivity index (χ4n) is 1.92. The van der Waals surface area contributed by atoms with Gasteiger partial charge in [0, 0.05) is 48.8 Å². The van der Waals surface area contributed by atoms with Crippen molar-refractivity contribution in [1.82, 2.24) is 4.98 Å². The number of rotatable bonds is 4. The summed E-state index contributed by atoms with van der Waals surface area (Å²) >= 11 is 6.17. The van der Waals surface area contributed by atoms with E-state index in [-0.39, 0.29) is 0 Å². The normalized spacial score (nSPS) is 10.4. The van der Waals surface area contributed by atoms with Gasteiger partial charge in [-0.2, -0.15) is 0 Å². The number of pyridine rings is 1. The van der Waals surface area contributed by atoms with E-state index in [4.69, 9.17) is 17.3 Å². The van der Waals surface area contributed by atoms with Crippen molar-refractivity contribution in [2.45, 2.75) is 13.1 Å². The molecule has 0 aliphatic rings. The third-order valence-electron chi connectivity index (χ3n) is 2.87. The third kappa shape index (κ3) is 2.81. The number of aromatic nitrogens is 1. The van der Waals surface area contributed by atoms with Crippen LogP contribution in [-0.2, 0) is 13.1 Å². The number of benzene rings is 1. The predicted octanol–water partition coefficient (Wildman–Crippen LogP) is 2.83. The quantitative estimate of drug-likeness (QED) is 0.920. The lowest BCUT2D eigenvalue weighted by atomic mass is 10.1. The second kappa shape index (κ2) is 5.85. The zero-order valence-corrected chi connectivity index (χ0v) is 11.1. The summed E-state index contributed by atoms with van der Waals surface area (Å²) in [6.07, 6.45) is 3.58. The molecule has 0 bridgehead atoms. The van der Waals surface area contributed by atoms with Gasteiger partial charge in [0.2, 0.25) is 0 Å². The van der Waals surface area contributed by atoms with Crippen LogP contribution in [0.2, 0.25) is 5.02 Å². The van der Waals surface area contributed by atoms with Crippen molar-refractivity contribution in [3.8, 4) is 0 Å². The maximum atomic E-state index is 6.17. The van der Waals surface area contributed by atoms with Crippen molar-refractivity contribution in [1.29, 1.82) is 0 Å². The SMILES string of the molecule is CN(Cc1ccccc1Cl)c1ccncc1CN. The summed E-state index contributed by atoms with van der Waals surface area (Å²) in [5, 5.41) is 0.785. The fourth-order valence-corrected chi connectivity index (χ4v) is 2.11. The van der Waals surface area contributed by atoms with Gasteiger partial charge in [-0.15, -0.1) is 0 Å².